The molecule has 6 nitrogen and oxygen atoms in total. The topological polar surface area (TPSA) is 61.4 Å². The first-order chi connectivity index (χ1) is 14.8. The summed E-state index contributed by atoms with van der Waals surface area (Å²) in [6, 6.07) is 10.3. The van der Waals surface area contributed by atoms with E-state index in [0.29, 0.717) is 5.91 Å². The number of hydrogen-bond donors (Lipinski definition) is 1. The van der Waals surface area contributed by atoms with Gasteiger partial charge in [0.1, 0.15) is 5.82 Å². The van der Waals surface area contributed by atoms with E-state index >= 15 is 0 Å². The van der Waals surface area contributed by atoms with Crippen LogP contribution < -0.4 is 10.2 Å². The molecular weight excluding hydrogens is 374 g/mol. The fourth-order valence-electron chi connectivity index (χ4n) is 5.05. The van der Waals surface area contributed by atoms with Crippen LogP contribution in [-0.4, -0.2) is 60.0 Å². The van der Waals surface area contributed by atoms with Gasteiger partial charge in [-0.1, -0.05) is 30.3 Å². The third-order valence-corrected chi connectivity index (χ3v) is 6.74. The Labute approximate surface area is 178 Å². The van der Waals surface area contributed by atoms with E-state index in [1.54, 1.807) is 0 Å². The number of benzene rings is 1. The number of aromatic nitrogens is 2. The SMILES string of the molecule is O=C(C1CCN(c2nc(-c3ccccc3)nc3c2CCC3)CC1)N1CCCNCC1. The van der Waals surface area contributed by atoms with E-state index in [1.165, 1.54) is 11.3 Å². The first kappa shape index (κ1) is 19.5. The van der Waals surface area contributed by atoms with Crippen molar-refractivity contribution in [2.45, 2.75) is 38.5 Å². The van der Waals surface area contributed by atoms with Gasteiger partial charge in [0.2, 0.25) is 5.91 Å². The fourth-order valence-corrected chi connectivity index (χ4v) is 5.05. The Balaban J connectivity index is 1.32. The summed E-state index contributed by atoms with van der Waals surface area (Å²) in [6.45, 7) is 5.48. The van der Waals surface area contributed by atoms with Gasteiger partial charge in [0, 0.05) is 55.5 Å². The molecule has 6 heteroatoms. The Kier molecular flexibility index (Phi) is 5.67. The molecule has 158 valence electrons. The van der Waals surface area contributed by atoms with Gasteiger partial charge in [0.25, 0.3) is 0 Å². The van der Waals surface area contributed by atoms with E-state index in [-0.39, 0.29) is 5.92 Å². The molecule has 1 aromatic carbocycles. The minimum atomic E-state index is 0.155. The summed E-state index contributed by atoms with van der Waals surface area (Å²) in [5.74, 6) is 2.46. The summed E-state index contributed by atoms with van der Waals surface area (Å²) >= 11 is 0. The van der Waals surface area contributed by atoms with Crippen molar-refractivity contribution in [2.75, 3.05) is 44.2 Å². The van der Waals surface area contributed by atoms with E-state index in [9.17, 15) is 4.79 Å². The van der Waals surface area contributed by atoms with Crippen LogP contribution in [0, 0.1) is 5.92 Å². The highest BCUT2D eigenvalue weighted by Crippen LogP contribution is 2.33. The number of carbonyl (C=O) groups is 1. The zero-order valence-electron chi connectivity index (χ0n) is 17.6. The lowest BCUT2D eigenvalue weighted by Gasteiger charge is -2.35. The molecule has 1 aromatic heterocycles. The quantitative estimate of drug-likeness (QED) is 0.851. The maximum atomic E-state index is 13.0. The number of piperidine rings is 1. The molecule has 0 saturated carbocycles. The van der Waals surface area contributed by atoms with Gasteiger partial charge in [-0.25, -0.2) is 9.97 Å². The van der Waals surface area contributed by atoms with Crippen LogP contribution in [0.15, 0.2) is 30.3 Å². The molecule has 1 amide bonds. The van der Waals surface area contributed by atoms with Gasteiger partial charge in [-0.3, -0.25) is 4.79 Å². The molecule has 0 spiro atoms. The standard InChI is InChI=1S/C24H31N5O/c30-24(29-14-5-12-25-13-17-29)19-10-15-28(16-11-19)23-20-8-4-9-21(20)26-22(27-23)18-6-2-1-3-7-18/h1-3,6-7,19,25H,4-5,8-17H2. The Hall–Kier alpha value is -2.47. The lowest BCUT2D eigenvalue weighted by Crippen LogP contribution is -2.44. The van der Waals surface area contributed by atoms with Crippen molar-refractivity contribution in [1.82, 2.24) is 20.2 Å². The van der Waals surface area contributed by atoms with Crippen molar-refractivity contribution in [2.24, 2.45) is 5.92 Å². The summed E-state index contributed by atoms with van der Waals surface area (Å²) in [5.41, 5.74) is 3.63. The van der Waals surface area contributed by atoms with Crippen LogP contribution in [0.3, 0.4) is 0 Å². The summed E-state index contributed by atoms with van der Waals surface area (Å²) < 4.78 is 0. The van der Waals surface area contributed by atoms with Crippen LogP contribution in [0.4, 0.5) is 5.82 Å². The highest BCUT2D eigenvalue weighted by molar-refractivity contribution is 5.79. The van der Waals surface area contributed by atoms with Crippen molar-refractivity contribution in [3.8, 4) is 11.4 Å². The van der Waals surface area contributed by atoms with Crippen LogP contribution in [-0.2, 0) is 17.6 Å². The van der Waals surface area contributed by atoms with Gasteiger partial charge in [0.15, 0.2) is 5.82 Å². The lowest BCUT2D eigenvalue weighted by atomic mass is 9.94. The second-order valence-electron chi connectivity index (χ2n) is 8.71. The second kappa shape index (κ2) is 8.72. The highest BCUT2D eigenvalue weighted by Gasteiger charge is 2.31. The van der Waals surface area contributed by atoms with E-state index in [4.69, 9.17) is 9.97 Å². The summed E-state index contributed by atoms with van der Waals surface area (Å²) in [4.78, 5) is 27.4. The highest BCUT2D eigenvalue weighted by atomic mass is 16.2. The number of fused-ring (bicyclic) bond motifs is 1. The molecule has 5 rings (SSSR count). The van der Waals surface area contributed by atoms with Gasteiger partial charge in [-0.2, -0.15) is 0 Å². The molecular formula is C24H31N5O. The summed E-state index contributed by atoms with van der Waals surface area (Å²) in [5, 5.41) is 3.39. The molecule has 2 aromatic rings. The van der Waals surface area contributed by atoms with E-state index in [2.05, 4.69) is 27.2 Å². The van der Waals surface area contributed by atoms with Gasteiger partial charge in [-0.05, 0) is 45.1 Å². The van der Waals surface area contributed by atoms with E-state index in [1.807, 2.05) is 18.2 Å². The van der Waals surface area contributed by atoms with E-state index in [0.717, 1.165) is 95.0 Å². The van der Waals surface area contributed by atoms with E-state index < -0.39 is 0 Å². The molecule has 2 fully saturated rings. The average molecular weight is 406 g/mol. The molecule has 0 radical (unpaired) electrons. The smallest absolute Gasteiger partial charge is 0.225 e. The number of anilines is 1. The van der Waals surface area contributed by atoms with Gasteiger partial charge in [0.05, 0.1) is 0 Å². The zero-order valence-corrected chi connectivity index (χ0v) is 17.6. The lowest BCUT2D eigenvalue weighted by molar-refractivity contribution is -0.136. The molecule has 2 aliphatic heterocycles. The number of nitrogens with zero attached hydrogens (tertiary/aromatic N) is 4. The van der Waals surface area contributed by atoms with Gasteiger partial charge >= 0.3 is 0 Å². The number of amides is 1. The Bertz CT molecular complexity index is 884. The Morgan fingerprint density at radius 1 is 0.933 bits per heavy atom. The monoisotopic (exact) mass is 405 g/mol. The maximum Gasteiger partial charge on any atom is 0.225 e. The predicted molar refractivity (Wildman–Crippen MR) is 118 cm³/mol. The molecule has 3 heterocycles. The Morgan fingerprint density at radius 2 is 1.77 bits per heavy atom. The molecule has 3 aliphatic rings. The van der Waals surface area contributed by atoms with Crippen LogP contribution in [0.1, 0.15) is 36.9 Å². The number of rotatable bonds is 3. The minimum Gasteiger partial charge on any atom is -0.356 e. The maximum absolute atomic E-state index is 13.0. The zero-order chi connectivity index (χ0) is 20.3. The normalized spacial score (nSPS) is 20.1. The molecule has 0 atom stereocenters. The summed E-state index contributed by atoms with van der Waals surface area (Å²) in [6.07, 6.45) is 6.17. The van der Waals surface area contributed by atoms with Crippen LogP contribution in [0.5, 0.6) is 0 Å². The first-order valence-corrected chi connectivity index (χ1v) is 11.5. The van der Waals surface area contributed by atoms with Gasteiger partial charge in [-0.15, -0.1) is 0 Å². The van der Waals surface area contributed by atoms with Crippen molar-refractivity contribution >= 4 is 11.7 Å². The molecule has 1 aliphatic carbocycles. The second-order valence-corrected chi connectivity index (χ2v) is 8.71. The predicted octanol–water partition coefficient (Wildman–Crippen LogP) is 2.67. The third kappa shape index (κ3) is 3.93. The number of hydrogen-bond acceptors (Lipinski definition) is 5. The largest absolute Gasteiger partial charge is 0.356 e. The van der Waals surface area contributed by atoms with Crippen molar-refractivity contribution in [3.63, 3.8) is 0 Å². The molecule has 0 bridgehead atoms. The average Bonchev–Trinajstić information content (AvgIpc) is 3.12. The van der Waals surface area contributed by atoms with Gasteiger partial charge < -0.3 is 15.1 Å². The number of nitrogens with one attached hydrogen (secondary N) is 1. The molecule has 30 heavy (non-hydrogen) atoms. The molecule has 0 unspecified atom stereocenters. The fraction of sp³-hybridized carbons (Fsp3) is 0.542. The molecule has 2 saturated heterocycles. The number of aryl methyl sites for hydroxylation is 1. The number of carbonyl (C=O) groups excluding carboxylic acids is 1. The van der Waals surface area contributed by atoms with Crippen LogP contribution >= 0.6 is 0 Å². The van der Waals surface area contributed by atoms with Crippen LogP contribution in [0.25, 0.3) is 11.4 Å². The Morgan fingerprint density at radius 3 is 2.60 bits per heavy atom. The minimum absolute atomic E-state index is 0.155. The van der Waals surface area contributed by atoms with Crippen molar-refractivity contribution in [1.29, 1.82) is 0 Å². The van der Waals surface area contributed by atoms with Crippen molar-refractivity contribution < 1.29 is 4.79 Å². The first-order valence-electron chi connectivity index (χ1n) is 11.5. The molecule has 1 N–H and O–H groups in total. The third-order valence-electron chi connectivity index (χ3n) is 6.74. The van der Waals surface area contributed by atoms with Crippen LogP contribution in [0.2, 0.25) is 0 Å². The summed E-state index contributed by atoms with van der Waals surface area (Å²) in [7, 11) is 0. The van der Waals surface area contributed by atoms with Crippen molar-refractivity contribution in [3.05, 3.63) is 41.6 Å².